The molecule has 0 saturated heterocycles. The lowest BCUT2D eigenvalue weighted by molar-refractivity contribution is 0.163. The Hall–Kier alpha value is -0.0400. The first-order valence-electron chi connectivity index (χ1n) is 7.33. The SMILES string of the molecule is CC(C)CCCCCC1CCC(CO)CC1. The fraction of sp³-hybridized carbons (Fsp3) is 1.00. The zero-order valence-electron chi connectivity index (χ0n) is 11.3. The smallest absolute Gasteiger partial charge is 0.0459 e. The highest BCUT2D eigenvalue weighted by Gasteiger charge is 2.19. The third kappa shape index (κ3) is 5.89. The number of aliphatic hydroxyl groups is 1. The monoisotopic (exact) mass is 226 g/mol. The summed E-state index contributed by atoms with van der Waals surface area (Å²) in [5.41, 5.74) is 0. The summed E-state index contributed by atoms with van der Waals surface area (Å²) in [6, 6.07) is 0. The lowest BCUT2D eigenvalue weighted by atomic mass is 9.80. The van der Waals surface area contributed by atoms with Gasteiger partial charge in [0.15, 0.2) is 0 Å². The van der Waals surface area contributed by atoms with Crippen molar-refractivity contribution >= 4 is 0 Å². The average Bonchev–Trinajstić information content (AvgIpc) is 2.29. The van der Waals surface area contributed by atoms with E-state index in [1.54, 1.807) is 0 Å². The van der Waals surface area contributed by atoms with Crippen molar-refractivity contribution in [3.8, 4) is 0 Å². The van der Waals surface area contributed by atoms with Gasteiger partial charge in [-0.05, 0) is 30.6 Å². The van der Waals surface area contributed by atoms with E-state index in [1.807, 2.05) is 0 Å². The van der Waals surface area contributed by atoms with Crippen LogP contribution in [-0.4, -0.2) is 11.7 Å². The molecule has 0 bridgehead atoms. The van der Waals surface area contributed by atoms with Gasteiger partial charge in [0.05, 0.1) is 0 Å². The van der Waals surface area contributed by atoms with E-state index in [1.165, 1.54) is 57.8 Å². The molecule has 96 valence electrons. The third-order valence-electron chi connectivity index (χ3n) is 4.12. The van der Waals surface area contributed by atoms with Gasteiger partial charge in [-0.2, -0.15) is 0 Å². The Morgan fingerprint density at radius 2 is 1.56 bits per heavy atom. The van der Waals surface area contributed by atoms with Gasteiger partial charge in [-0.25, -0.2) is 0 Å². The molecule has 0 amide bonds. The van der Waals surface area contributed by atoms with Crippen molar-refractivity contribution in [3.05, 3.63) is 0 Å². The largest absolute Gasteiger partial charge is 0.396 e. The first kappa shape index (κ1) is 14.0. The quantitative estimate of drug-likeness (QED) is 0.638. The zero-order chi connectivity index (χ0) is 11.8. The van der Waals surface area contributed by atoms with Crippen LogP contribution in [0.15, 0.2) is 0 Å². The summed E-state index contributed by atoms with van der Waals surface area (Å²) < 4.78 is 0. The maximum absolute atomic E-state index is 9.08. The summed E-state index contributed by atoms with van der Waals surface area (Å²) >= 11 is 0. The van der Waals surface area contributed by atoms with Crippen LogP contribution in [0.3, 0.4) is 0 Å². The molecule has 0 atom stereocenters. The Morgan fingerprint density at radius 1 is 0.938 bits per heavy atom. The maximum Gasteiger partial charge on any atom is 0.0459 e. The topological polar surface area (TPSA) is 20.2 Å². The fourth-order valence-electron chi connectivity index (χ4n) is 2.87. The predicted octanol–water partition coefficient (Wildman–Crippen LogP) is 4.39. The molecule has 0 spiro atoms. The van der Waals surface area contributed by atoms with Crippen LogP contribution in [0.1, 0.15) is 71.6 Å². The summed E-state index contributed by atoms with van der Waals surface area (Å²) in [7, 11) is 0. The van der Waals surface area contributed by atoms with E-state index in [0.29, 0.717) is 12.5 Å². The first-order chi connectivity index (χ1) is 7.72. The lowest BCUT2D eigenvalue weighted by Crippen LogP contribution is -2.17. The van der Waals surface area contributed by atoms with Crippen molar-refractivity contribution in [2.75, 3.05) is 6.61 Å². The van der Waals surface area contributed by atoms with Gasteiger partial charge in [0.2, 0.25) is 0 Å². The van der Waals surface area contributed by atoms with Gasteiger partial charge in [0.25, 0.3) is 0 Å². The van der Waals surface area contributed by atoms with Gasteiger partial charge in [-0.15, -0.1) is 0 Å². The molecular formula is C15H30O. The summed E-state index contributed by atoms with van der Waals surface area (Å²) in [4.78, 5) is 0. The van der Waals surface area contributed by atoms with E-state index in [4.69, 9.17) is 5.11 Å². The number of rotatable bonds is 7. The molecule has 1 nitrogen and oxygen atoms in total. The van der Waals surface area contributed by atoms with Crippen molar-refractivity contribution in [2.24, 2.45) is 17.8 Å². The van der Waals surface area contributed by atoms with Crippen molar-refractivity contribution in [3.63, 3.8) is 0 Å². The van der Waals surface area contributed by atoms with Gasteiger partial charge in [0, 0.05) is 6.61 Å². The zero-order valence-corrected chi connectivity index (χ0v) is 11.3. The summed E-state index contributed by atoms with van der Waals surface area (Å²) in [5.74, 6) is 2.47. The van der Waals surface area contributed by atoms with Gasteiger partial charge >= 0.3 is 0 Å². The van der Waals surface area contributed by atoms with Crippen LogP contribution in [0.5, 0.6) is 0 Å². The molecule has 1 aliphatic rings. The molecule has 0 aromatic rings. The molecule has 0 heterocycles. The summed E-state index contributed by atoms with van der Waals surface area (Å²) in [6.07, 6.45) is 12.4. The minimum Gasteiger partial charge on any atom is -0.396 e. The van der Waals surface area contributed by atoms with Crippen LogP contribution in [-0.2, 0) is 0 Å². The highest BCUT2D eigenvalue weighted by Crippen LogP contribution is 2.31. The second-order valence-electron chi connectivity index (χ2n) is 6.10. The van der Waals surface area contributed by atoms with Gasteiger partial charge in [0.1, 0.15) is 0 Å². The highest BCUT2D eigenvalue weighted by atomic mass is 16.3. The van der Waals surface area contributed by atoms with E-state index >= 15 is 0 Å². The molecule has 1 N–H and O–H groups in total. The number of aliphatic hydroxyl groups excluding tert-OH is 1. The van der Waals surface area contributed by atoms with Crippen LogP contribution in [0.25, 0.3) is 0 Å². The minimum atomic E-state index is 0.418. The normalized spacial score (nSPS) is 26.2. The van der Waals surface area contributed by atoms with E-state index in [0.717, 1.165) is 11.8 Å². The molecule has 0 aromatic carbocycles. The van der Waals surface area contributed by atoms with Crippen LogP contribution >= 0.6 is 0 Å². The van der Waals surface area contributed by atoms with Crippen molar-refractivity contribution in [1.82, 2.24) is 0 Å². The number of hydrogen-bond acceptors (Lipinski definition) is 1. The van der Waals surface area contributed by atoms with Crippen LogP contribution < -0.4 is 0 Å². The van der Waals surface area contributed by atoms with E-state index < -0.39 is 0 Å². The average molecular weight is 226 g/mol. The van der Waals surface area contributed by atoms with Gasteiger partial charge in [-0.3, -0.25) is 0 Å². The molecule has 1 aliphatic carbocycles. The molecule has 0 radical (unpaired) electrons. The summed E-state index contributed by atoms with van der Waals surface area (Å²) in [5, 5.41) is 9.08. The second-order valence-corrected chi connectivity index (χ2v) is 6.10. The van der Waals surface area contributed by atoms with Gasteiger partial charge < -0.3 is 5.11 Å². The Balaban J connectivity index is 1.94. The number of unbranched alkanes of at least 4 members (excludes halogenated alkanes) is 2. The second kappa shape index (κ2) is 8.11. The van der Waals surface area contributed by atoms with Gasteiger partial charge in [-0.1, -0.05) is 58.8 Å². The van der Waals surface area contributed by atoms with Crippen LogP contribution in [0, 0.1) is 17.8 Å². The van der Waals surface area contributed by atoms with Crippen molar-refractivity contribution in [2.45, 2.75) is 71.6 Å². The Kier molecular flexibility index (Phi) is 7.11. The lowest BCUT2D eigenvalue weighted by Gasteiger charge is -2.27. The predicted molar refractivity (Wildman–Crippen MR) is 70.5 cm³/mol. The Morgan fingerprint density at radius 3 is 2.12 bits per heavy atom. The minimum absolute atomic E-state index is 0.418. The maximum atomic E-state index is 9.08. The van der Waals surface area contributed by atoms with E-state index in [2.05, 4.69) is 13.8 Å². The van der Waals surface area contributed by atoms with Crippen molar-refractivity contribution in [1.29, 1.82) is 0 Å². The van der Waals surface area contributed by atoms with Crippen molar-refractivity contribution < 1.29 is 5.11 Å². The highest BCUT2D eigenvalue weighted by molar-refractivity contribution is 4.72. The molecule has 0 aliphatic heterocycles. The third-order valence-corrected chi connectivity index (χ3v) is 4.12. The number of hydrogen-bond donors (Lipinski definition) is 1. The van der Waals surface area contributed by atoms with E-state index in [-0.39, 0.29) is 0 Å². The first-order valence-corrected chi connectivity index (χ1v) is 7.33. The Labute approximate surface area is 102 Å². The Bertz CT molecular complexity index is 157. The van der Waals surface area contributed by atoms with E-state index in [9.17, 15) is 0 Å². The standard InChI is InChI=1S/C15H30O/c1-13(2)6-4-3-5-7-14-8-10-15(12-16)11-9-14/h13-16H,3-12H2,1-2H3. The molecule has 1 fully saturated rings. The van der Waals surface area contributed by atoms with Crippen LogP contribution in [0.4, 0.5) is 0 Å². The molecular weight excluding hydrogens is 196 g/mol. The molecule has 0 aromatic heterocycles. The molecule has 1 heteroatoms. The fourth-order valence-corrected chi connectivity index (χ4v) is 2.87. The summed E-state index contributed by atoms with van der Waals surface area (Å²) in [6.45, 7) is 5.05. The molecule has 1 rings (SSSR count). The van der Waals surface area contributed by atoms with Crippen LogP contribution in [0.2, 0.25) is 0 Å². The molecule has 16 heavy (non-hydrogen) atoms. The molecule has 1 saturated carbocycles. The molecule has 0 unspecified atom stereocenters.